The van der Waals surface area contributed by atoms with Gasteiger partial charge in [-0.3, -0.25) is 14.2 Å². The van der Waals surface area contributed by atoms with E-state index in [1.165, 1.54) is 11.3 Å². The van der Waals surface area contributed by atoms with Crippen LogP contribution in [0.3, 0.4) is 0 Å². The Labute approximate surface area is 149 Å². The summed E-state index contributed by atoms with van der Waals surface area (Å²) in [5, 5.41) is 9.06. The Morgan fingerprint density at radius 2 is 2.00 bits per heavy atom. The highest BCUT2D eigenvalue weighted by molar-refractivity contribution is 5.76. The molecule has 0 saturated carbocycles. The van der Waals surface area contributed by atoms with Gasteiger partial charge in [-0.25, -0.2) is 0 Å². The lowest BCUT2D eigenvalue weighted by molar-refractivity contribution is -0.132. The number of nitrogens with zero attached hydrogens (tertiary/aromatic N) is 5. The number of aryl methyl sites for hydroxylation is 4. The molecule has 3 heterocycles. The normalized spacial score (nSPS) is 18.0. The van der Waals surface area contributed by atoms with Gasteiger partial charge in [0, 0.05) is 37.9 Å². The third-order valence-corrected chi connectivity index (χ3v) is 5.39. The molecule has 136 valence electrons. The molecular formula is C19H29N5O. The number of hydrogen-bond acceptors (Lipinski definition) is 3. The van der Waals surface area contributed by atoms with Crippen molar-refractivity contribution in [1.29, 1.82) is 0 Å². The molecule has 0 radical (unpaired) electrons. The summed E-state index contributed by atoms with van der Waals surface area (Å²) in [6.07, 6.45) is 3.45. The molecule has 1 amide bonds. The molecule has 6 heteroatoms. The summed E-state index contributed by atoms with van der Waals surface area (Å²) in [6.45, 7) is 9.83. The van der Waals surface area contributed by atoms with E-state index in [-0.39, 0.29) is 5.91 Å². The first-order valence-electron chi connectivity index (χ1n) is 9.16. The van der Waals surface area contributed by atoms with Crippen LogP contribution in [0.1, 0.15) is 53.6 Å². The van der Waals surface area contributed by atoms with Crippen LogP contribution in [-0.4, -0.2) is 43.5 Å². The number of likely N-dealkylation sites (tertiary alicyclic amines) is 1. The van der Waals surface area contributed by atoms with Crippen molar-refractivity contribution >= 4 is 5.91 Å². The zero-order valence-corrected chi connectivity index (χ0v) is 16.0. The van der Waals surface area contributed by atoms with Crippen LogP contribution in [0.4, 0.5) is 0 Å². The summed E-state index contributed by atoms with van der Waals surface area (Å²) < 4.78 is 4.00. The number of carbonyl (C=O) groups is 1. The molecule has 3 rings (SSSR count). The summed E-state index contributed by atoms with van der Waals surface area (Å²) >= 11 is 0. The van der Waals surface area contributed by atoms with E-state index in [1.807, 2.05) is 30.5 Å². The van der Waals surface area contributed by atoms with Crippen molar-refractivity contribution in [3.8, 4) is 0 Å². The quantitative estimate of drug-likeness (QED) is 0.857. The second-order valence-electron chi connectivity index (χ2n) is 7.28. The van der Waals surface area contributed by atoms with E-state index in [0.717, 1.165) is 49.4 Å². The molecule has 0 spiro atoms. The Hall–Kier alpha value is -2.11. The van der Waals surface area contributed by atoms with E-state index < -0.39 is 0 Å². The minimum atomic E-state index is 0.244. The van der Waals surface area contributed by atoms with Crippen LogP contribution in [-0.2, 0) is 18.3 Å². The topological polar surface area (TPSA) is 56.0 Å². The molecule has 1 aliphatic heterocycles. The predicted octanol–water partition coefficient (Wildman–Crippen LogP) is 2.65. The fourth-order valence-corrected chi connectivity index (χ4v) is 3.97. The van der Waals surface area contributed by atoms with Crippen LogP contribution in [0.5, 0.6) is 0 Å². The van der Waals surface area contributed by atoms with E-state index in [4.69, 9.17) is 0 Å². The van der Waals surface area contributed by atoms with Crippen molar-refractivity contribution in [1.82, 2.24) is 24.5 Å². The summed E-state index contributed by atoms with van der Waals surface area (Å²) in [4.78, 5) is 14.8. The Bertz CT molecular complexity index is 773. The Morgan fingerprint density at radius 1 is 1.24 bits per heavy atom. The van der Waals surface area contributed by atoms with E-state index >= 15 is 0 Å². The molecule has 0 aromatic carbocycles. The van der Waals surface area contributed by atoms with E-state index in [9.17, 15) is 4.79 Å². The first-order chi connectivity index (χ1) is 11.9. The maximum absolute atomic E-state index is 12.7. The number of carbonyl (C=O) groups excluding carboxylic acids is 1. The van der Waals surface area contributed by atoms with Crippen LogP contribution in [0, 0.1) is 27.7 Å². The van der Waals surface area contributed by atoms with Crippen molar-refractivity contribution in [2.75, 3.05) is 13.1 Å². The molecular weight excluding hydrogens is 314 g/mol. The van der Waals surface area contributed by atoms with Gasteiger partial charge in [-0.15, -0.1) is 0 Å². The number of hydrogen-bond donors (Lipinski definition) is 0. The van der Waals surface area contributed by atoms with E-state index in [1.54, 1.807) is 0 Å². The Kier molecular flexibility index (Phi) is 4.97. The van der Waals surface area contributed by atoms with Crippen molar-refractivity contribution in [2.24, 2.45) is 7.05 Å². The molecule has 1 saturated heterocycles. The van der Waals surface area contributed by atoms with Gasteiger partial charge in [-0.05, 0) is 58.6 Å². The summed E-state index contributed by atoms with van der Waals surface area (Å²) in [6, 6.07) is 2.41. The second-order valence-corrected chi connectivity index (χ2v) is 7.28. The first-order valence-corrected chi connectivity index (χ1v) is 9.16. The SMILES string of the molecule is Cc1cc(C)n(C2CCCN(C(=O)CCc3c(C)nn(C)c3C)C2)n1. The van der Waals surface area contributed by atoms with E-state index in [0.29, 0.717) is 12.5 Å². The van der Waals surface area contributed by atoms with Gasteiger partial charge >= 0.3 is 0 Å². The molecule has 0 N–H and O–H groups in total. The predicted molar refractivity (Wildman–Crippen MR) is 97.6 cm³/mol. The number of piperidine rings is 1. The molecule has 2 aromatic rings. The number of amides is 1. The van der Waals surface area contributed by atoms with Crippen LogP contribution < -0.4 is 0 Å². The van der Waals surface area contributed by atoms with Crippen LogP contribution in [0.25, 0.3) is 0 Å². The molecule has 6 nitrogen and oxygen atoms in total. The van der Waals surface area contributed by atoms with Crippen molar-refractivity contribution in [3.05, 3.63) is 34.4 Å². The highest BCUT2D eigenvalue weighted by Gasteiger charge is 2.26. The lowest BCUT2D eigenvalue weighted by Crippen LogP contribution is -2.41. The summed E-state index contributed by atoms with van der Waals surface area (Å²) in [7, 11) is 1.96. The highest BCUT2D eigenvalue weighted by Crippen LogP contribution is 2.24. The standard InChI is InChI=1S/C19H29N5O/c1-13-11-14(2)24(20-13)17-7-6-10-23(12-17)19(25)9-8-18-15(3)21-22(5)16(18)4/h11,17H,6-10,12H2,1-5H3. The van der Waals surface area contributed by atoms with Gasteiger partial charge in [0.05, 0.1) is 17.4 Å². The molecule has 1 aliphatic rings. The van der Waals surface area contributed by atoms with E-state index in [2.05, 4.69) is 34.8 Å². The van der Waals surface area contributed by atoms with Gasteiger partial charge in [0.1, 0.15) is 0 Å². The molecule has 25 heavy (non-hydrogen) atoms. The van der Waals surface area contributed by atoms with Gasteiger partial charge in [0.2, 0.25) is 5.91 Å². The molecule has 1 unspecified atom stereocenters. The molecule has 0 aliphatic carbocycles. The van der Waals surface area contributed by atoms with Crippen LogP contribution in [0.2, 0.25) is 0 Å². The maximum Gasteiger partial charge on any atom is 0.222 e. The van der Waals surface area contributed by atoms with Gasteiger partial charge in [-0.1, -0.05) is 0 Å². The minimum Gasteiger partial charge on any atom is -0.341 e. The van der Waals surface area contributed by atoms with Crippen LogP contribution in [0.15, 0.2) is 6.07 Å². The second kappa shape index (κ2) is 7.02. The average Bonchev–Trinajstić information content (AvgIpc) is 3.04. The first kappa shape index (κ1) is 17.7. The van der Waals surface area contributed by atoms with Crippen molar-refractivity contribution in [3.63, 3.8) is 0 Å². The average molecular weight is 343 g/mol. The largest absolute Gasteiger partial charge is 0.341 e. The summed E-state index contributed by atoms with van der Waals surface area (Å²) in [5.41, 5.74) is 5.63. The monoisotopic (exact) mass is 343 g/mol. The van der Waals surface area contributed by atoms with Crippen LogP contribution >= 0.6 is 0 Å². The van der Waals surface area contributed by atoms with Crippen molar-refractivity contribution in [2.45, 2.75) is 59.4 Å². The zero-order chi connectivity index (χ0) is 18.1. The molecule has 0 bridgehead atoms. The lowest BCUT2D eigenvalue weighted by atomic mass is 10.0. The fourth-order valence-electron chi connectivity index (χ4n) is 3.97. The zero-order valence-electron chi connectivity index (χ0n) is 16.0. The van der Waals surface area contributed by atoms with Gasteiger partial charge < -0.3 is 4.90 Å². The maximum atomic E-state index is 12.7. The highest BCUT2D eigenvalue weighted by atomic mass is 16.2. The third kappa shape index (κ3) is 3.62. The van der Waals surface area contributed by atoms with Crippen molar-refractivity contribution < 1.29 is 4.79 Å². The lowest BCUT2D eigenvalue weighted by Gasteiger charge is -2.33. The molecule has 1 atom stereocenters. The smallest absolute Gasteiger partial charge is 0.222 e. The third-order valence-electron chi connectivity index (χ3n) is 5.39. The molecule has 2 aromatic heterocycles. The number of aromatic nitrogens is 4. The number of rotatable bonds is 4. The fraction of sp³-hybridized carbons (Fsp3) is 0.632. The Balaban J connectivity index is 1.63. The van der Waals surface area contributed by atoms with Gasteiger partial charge in [-0.2, -0.15) is 10.2 Å². The van der Waals surface area contributed by atoms with Gasteiger partial charge in [0.15, 0.2) is 0 Å². The molecule has 1 fully saturated rings. The Morgan fingerprint density at radius 3 is 2.60 bits per heavy atom. The van der Waals surface area contributed by atoms with Gasteiger partial charge in [0.25, 0.3) is 0 Å². The minimum absolute atomic E-state index is 0.244. The summed E-state index contributed by atoms with van der Waals surface area (Å²) in [5.74, 6) is 0.244.